The van der Waals surface area contributed by atoms with Gasteiger partial charge in [-0.2, -0.15) is 0 Å². The van der Waals surface area contributed by atoms with Gasteiger partial charge in [-0.25, -0.2) is 0 Å². The molecule has 0 radical (unpaired) electrons. The average molecular weight is 212 g/mol. The van der Waals surface area contributed by atoms with Crippen molar-refractivity contribution in [3.8, 4) is 0 Å². The van der Waals surface area contributed by atoms with Crippen LogP contribution in [0.1, 0.15) is 58.3 Å². The predicted molar refractivity (Wildman–Crippen MR) is 60.5 cm³/mol. The summed E-state index contributed by atoms with van der Waals surface area (Å²) in [4.78, 5) is 0. The van der Waals surface area contributed by atoms with Gasteiger partial charge >= 0.3 is 0 Å². The van der Waals surface area contributed by atoms with E-state index in [9.17, 15) is 10.2 Å². The lowest BCUT2D eigenvalue weighted by atomic mass is 9.63. The standard InChI is InChI=1S/C13H24O2/c1-2-3-10-4-5-11-8-12(14)6-7-13(11,15)9-10/h10-12,14-15H,2-9H2,1H3/t10-,11+,12?,13+/m0/s1. The summed E-state index contributed by atoms with van der Waals surface area (Å²) in [5, 5.41) is 20.2. The summed E-state index contributed by atoms with van der Waals surface area (Å²) in [6.45, 7) is 2.22. The van der Waals surface area contributed by atoms with Gasteiger partial charge in [0.05, 0.1) is 11.7 Å². The first-order valence-corrected chi connectivity index (χ1v) is 6.54. The minimum atomic E-state index is -0.433. The van der Waals surface area contributed by atoms with Gasteiger partial charge in [-0.15, -0.1) is 0 Å². The molecule has 2 N–H and O–H groups in total. The molecule has 0 aliphatic heterocycles. The van der Waals surface area contributed by atoms with Crippen LogP contribution in [-0.4, -0.2) is 21.9 Å². The first-order valence-electron chi connectivity index (χ1n) is 6.54. The van der Waals surface area contributed by atoms with E-state index in [2.05, 4.69) is 6.92 Å². The van der Waals surface area contributed by atoms with Crippen molar-refractivity contribution in [1.29, 1.82) is 0 Å². The fourth-order valence-corrected chi connectivity index (χ4v) is 3.64. The third-order valence-electron chi connectivity index (χ3n) is 4.49. The third kappa shape index (κ3) is 2.36. The Morgan fingerprint density at radius 2 is 2.07 bits per heavy atom. The number of aliphatic hydroxyl groups is 2. The SMILES string of the molecule is CCC[C@H]1CC[C@@H]2CC(O)CC[C@@]2(O)C1. The quantitative estimate of drug-likeness (QED) is 0.738. The molecule has 0 aromatic carbocycles. The maximum atomic E-state index is 10.6. The van der Waals surface area contributed by atoms with Crippen LogP contribution in [-0.2, 0) is 0 Å². The van der Waals surface area contributed by atoms with E-state index in [0.29, 0.717) is 5.92 Å². The Morgan fingerprint density at radius 3 is 2.80 bits per heavy atom. The van der Waals surface area contributed by atoms with Crippen LogP contribution < -0.4 is 0 Å². The fraction of sp³-hybridized carbons (Fsp3) is 1.00. The molecule has 0 spiro atoms. The molecule has 0 bridgehead atoms. The van der Waals surface area contributed by atoms with E-state index in [1.54, 1.807) is 0 Å². The van der Waals surface area contributed by atoms with E-state index in [1.807, 2.05) is 0 Å². The zero-order valence-corrected chi connectivity index (χ0v) is 9.78. The van der Waals surface area contributed by atoms with E-state index < -0.39 is 5.60 Å². The molecule has 4 atom stereocenters. The second-order valence-electron chi connectivity index (χ2n) is 5.66. The Bertz CT molecular complexity index is 217. The molecule has 2 rings (SSSR count). The number of aliphatic hydroxyl groups excluding tert-OH is 1. The molecule has 0 amide bonds. The molecule has 2 heteroatoms. The van der Waals surface area contributed by atoms with Crippen LogP contribution in [0.4, 0.5) is 0 Å². The van der Waals surface area contributed by atoms with E-state index in [0.717, 1.165) is 38.0 Å². The van der Waals surface area contributed by atoms with Crippen LogP contribution >= 0.6 is 0 Å². The third-order valence-corrected chi connectivity index (χ3v) is 4.49. The van der Waals surface area contributed by atoms with Crippen molar-refractivity contribution < 1.29 is 10.2 Å². The van der Waals surface area contributed by atoms with E-state index >= 15 is 0 Å². The summed E-state index contributed by atoms with van der Waals surface area (Å²) in [5.74, 6) is 1.10. The van der Waals surface area contributed by atoms with Gasteiger partial charge in [-0.1, -0.05) is 19.8 Å². The van der Waals surface area contributed by atoms with Crippen LogP contribution in [0, 0.1) is 11.8 Å². The normalized spacial score (nSPS) is 46.2. The largest absolute Gasteiger partial charge is 0.393 e. The first kappa shape index (κ1) is 11.4. The minimum absolute atomic E-state index is 0.155. The Kier molecular flexibility index (Phi) is 3.36. The average Bonchev–Trinajstić information content (AvgIpc) is 2.20. The lowest BCUT2D eigenvalue weighted by Gasteiger charge is -2.47. The van der Waals surface area contributed by atoms with Crippen molar-refractivity contribution in [3.63, 3.8) is 0 Å². The van der Waals surface area contributed by atoms with E-state index in [4.69, 9.17) is 0 Å². The van der Waals surface area contributed by atoms with E-state index in [1.165, 1.54) is 19.3 Å². The highest BCUT2D eigenvalue weighted by Gasteiger charge is 2.45. The molecule has 1 unspecified atom stereocenters. The van der Waals surface area contributed by atoms with Gasteiger partial charge in [0.1, 0.15) is 0 Å². The zero-order valence-electron chi connectivity index (χ0n) is 9.78. The number of hydrogen-bond acceptors (Lipinski definition) is 2. The fourth-order valence-electron chi connectivity index (χ4n) is 3.64. The second kappa shape index (κ2) is 4.42. The summed E-state index contributed by atoms with van der Waals surface area (Å²) in [6.07, 6.45) is 8.15. The van der Waals surface area contributed by atoms with Crippen molar-refractivity contribution in [3.05, 3.63) is 0 Å². The highest BCUT2D eigenvalue weighted by molar-refractivity contribution is 4.97. The molecule has 2 saturated carbocycles. The lowest BCUT2D eigenvalue weighted by Crippen LogP contribution is -2.48. The van der Waals surface area contributed by atoms with Gasteiger partial charge in [0.2, 0.25) is 0 Å². The number of fused-ring (bicyclic) bond motifs is 1. The summed E-state index contributed by atoms with van der Waals surface area (Å²) >= 11 is 0. The minimum Gasteiger partial charge on any atom is -0.393 e. The van der Waals surface area contributed by atoms with Crippen LogP contribution in [0.2, 0.25) is 0 Å². The van der Waals surface area contributed by atoms with Crippen molar-refractivity contribution in [2.24, 2.45) is 11.8 Å². The van der Waals surface area contributed by atoms with Crippen LogP contribution in [0.15, 0.2) is 0 Å². The van der Waals surface area contributed by atoms with Crippen molar-refractivity contribution in [2.75, 3.05) is 0 Å². The predicted octanol–water partition coefficient (Wildman–Crippen LogP) is 2.48. The maximum Gasteiger partial charge on any atom is 0.0680 e. The number of hydrogen-bond donors (Lipinski definition) is 2. The summed E-state index contributed by atoms with van der Waals surface area (Å²) in [7, 11) is 0. The molecule has 0 saturated heterocycles. The maximum absolute atomic E-state index is 10.6. The molecule has 2 aliphatic rings. The van der Waals surface area contributed by atoms with Crippen LogP contribution in [0.25, 0.3) is 0 Å². The summed E-state index contributed by atoms with van der Waals surface area (Å²) < 4.78 is 0. The Labute approximate surface area is 92.7 Å². The van der Waals surface area contributed by atoms with Gasteiger partial charge in [0.25, 0.3) is 0 Å². The van der Waals surface area contributed by atoms with Gasteiger partial charge in [0.15, 0.2) is 0 Å². The van der Waals surface area contributed by atoms with Gasteiger partial charge in [-0.3, -0.25) is 0 Å². The zero-order chi connectivity index (χ0) is 10.9. The van der Waals surface area contributed by atoms with Gasteiger partial charge < -0.3 is 10.2 Å². The van der Waals surface area contributed by atoms with Crippen LogP contribution in [0.3, 0.4) is 0 Å². The first-order chi connectivity index (χ1) is 7.14. The highest BCUT2D eigenvalue weighted by Crippen LogP contribution is 2.46. The molecule has 0 heterocycles. The lowest BCUT2D eigenvalue weighted by molar-refractivity contribution is -0.116. The van der Waals surface area contributed by atoms with Crippen LogP contribution in [0.5, 0.6) is 0 Å². The van der Waals surface area contributed by atoms with Gasteiger partial charge in [-0.05, 0) is 50.4 Å². The molecule has 2 aliphatic carbocycles. The number of rotatable bonds is 2. The molecule has 0 aromatic heterocycles. The Morgan fingerprint density at radius 1 is 1.27 bits per heavy atom. The Balaban J connectivity index is 1.98. The van der Waals surface area contributed by atoms with Gasteiger partial charge in [0, 0.05) is 0 Å². The molecule has 2 fully saturated rings. The summed E-state index contributed by atoms with van der Waals surface area (Å²) in [6, 6.07) is 0. The molecule has 2 nitrogen and oxygen atoms in total. The Hall–Kier alpha value is -0.0800. The molecule has 15 heavy (non-hydrogen) atoms. The van der Waals surface area contributed by atoms with Crippen molar-refractivity contribution in [2.45, 2.75) is 70.0 Å². The molecular formula is C13H24O2. The monoisotopic (exact) mass is 212 g/mol. The topological polar surface area (TPSA) is 40.5 Å². The van der Waals surface area contributed by atoms with Crippen molar-refractivity contribution >= 4 is 0 Å². The smallest absolute Gasteiger partial charge is 0.0680 e. The molecular weight excluding hydrogens is 188 g/mol. The van der Waals surface area contributed by atoms with E-state index in [-0.39, 0.29) is 6.10 Å². The van der Waals surface area contributed by atoms with Crippen molar-refractivity contribution in [1.82, 2.24) is 0 Å². The molecule has 88 valence electrons. The molecule has 0 aromatic rings. The summed E-state index contributed by atoms with van der Waals surface area (Å²) in [5.41, 5.74) is -0.433. The highest BCUT2D eigenvalue weighted by atomic mass is 16.3. The second-order valence-corrected chi connectivity index (χ2v) is 5.66.